The molecular formula is C17H17NO2S. The molecule has 4 heteroatoms. The number of aryl methyl sites for hydroxylation is 1. The van der Waals surface area contributed by atoms with E-state index in [1.807, 2.05) is 36.6 Å². The highest BCUT2D eigenvalue weighted by Gasteiger charge is 2.24. The Labute approximate surface area is 128 Å². The van der Waals surface area contributed by atoms with Crippen LogP contribution in [-0.4, -0.2) is 23.9 Å². The van der Waals surface area contributed by atoms with Crippen LogP contribution in [0.3, 0.4) is 0 Å². The van der Waals surface area contributed by atoms with Gasteiger partial charge < -0.3 is 10.0 Å². The molecule has 1 heterocycles. The molecule has 0 aromatic heterocycles. The molecule has 0 amide bonds. The predicted octanol–water partition coefficient (Wildman–Crippen LogP) is 4.19. The molecule has 2 aromatic carbocycles. The Bertz CT molecular complexity index is 684. The third-order valence-electron chi connectivity index (χ3n) is 3.84. The first-order chi connectivity index (χ1) is 10.2. The van der Waals surface area contributed by atoms with Crippen molar-refractivity contribution in [2.45, 2.75) is 17.7 Å². The van der Waals surface area contributed by atoms with Crippen molar-refractivity contribution in [3.8, 4) is 0 Å². The van der Waals surface area contributed by atoms with Crippen molar-refractivity contribution in [1.29, 1.82) is 0 Å². The lowest BCUT2D eigenvalue weighted by Crippen LogP contribution is -2.26. The first kappa shape index (κ1) is 14.0. The predicted molar refractivity (Wildman–Crippen MR) is 87.0 cm³/mol. The Hall–Kier alpha value is -1.94. The molecule has 0 saturated carbocycles. The van der Waals surface area contributed by atoms with E-state index in [1.54, 1.807) is 0 Å². The summed E-state index contributed by atoms with van der Waals surface area (Å²) in [4.78, 5) is 14.7. The zero-order valence-electron chi connectivity index (χ0n) is 11.9. The van der Waals surface area contributed by atoms with Crippen molar-refractivity contribution in [3.05, 3.63) is 53.6 Å². The second kappa shape index (κ2) is 5.82. The molecule has 0 unspecified atom stereocenters. The number of aromatic carboxylic acids is 1. The van der Waals surface area contributed by atoms with Crippen LogP contribution in [0.5, 0.6) is 0 Å². The number of carbonyl (C=O) groups is 1. The van der Waals surface area contributed by atoms with Gasteiger partial charge in [0.05, 0.1) is 11.3 Å². The van der Waals surface area contributed by atoms with Gasteiger partial charge in [-0.15, -0.1) is 11.8 Å². The summed E-state index contributed by atoms with van der Waals surface area (Å²) in [6.45, 7) is 0.856. The third kappa shape index (κ3) is 2.51. The van der Waals surface area contributed by atoms with E-state index >= 15 is 0 Å². The summed E-state index contributed by atoms with van der Waals surface area (Å²) in [6.07, 6.45) is 4.01. The average molecular weight is 299 g/mol. The number of benzene rings is 2. The molecule has 0 spiro atoms. The van der Waals surface area contributed by atoms with Gasteiger partial charge in [0.2, 0.25) is 0 Å². The highest BCUT2D eigenvalue weighted by molar-refractivity contribution is 7.98. The highest BCUT2D eigenvalue weighted by Crippen LogP contribution is 2.37. The molecule has 3 nitrogen and oxygen atoms in total. The fourth-order valence-corrected chi connectivity index (χ4v) is 3.52. The third-order valence-corrected chi connectivity index (χ3v) is 4.62. The van der Waals surface area contributed by atoms with Gasteiger partial charge in [-0.1, -0.05) is 24.3 Å². The van der Waals surface area contributed by atoms with Gasteiger partial charge in [-0.25, -0.2) is 4.79 Å². The normalized spacial score (nSPS) is 13.9. The fourth-order valence-electron chi connectivity index (χ4n) is 2.91. The smallest absolute Gasteiger partial charge is 0.338 e. The lowest BCUT2D eigenvalue weighted by molar-refractivity contribution is 0.0694. The zero-order chi connectivity index (χ0) is 14.8. The molecule has 108 valence electrons. The molecule has 0 radical (unpaired) electrons. The number of hydrogen-bond acceptors (Lipinski definition) is 3. The maximum atomic E-state index is 11.7. The lowest BCUT2D eigenvalue weighted by atomic mass is 10.00. The number of carboxylic acid groups (broad SMARTS) is 1. The van der Waals surface area contributed by atoms with Crippen molar-refractivity contribution >= 4 is 29.1 Å². The molecule has 3 rings (SSSR count). The lowest BCUT2D eigenvalue weighted by Gasteiger charge is -2.32. The summed E-state index contributed by atoms with van der Waals surface area (Å²) in [5.41, 5.74) is 3.61. The van der Waals surface area contributed by atoms with E-state index in [2.05, 4.69) is 17.0 Å². The van der Waals surface area contributed by atoms with Gasteiger partial charge in [-0.2, -0.15) is 0 Å². The minimum atomic E-state index is -0.863. The van der Waals surface area contributed by atoms with Crippen LogP contribution >= 0.6 is 11.8 Å². The van der Waals surface area contributed by atoms with Gasteiger partial charge in [-0.3, -0.25) is 0 Å². The highest BCUT2D eigenvalue weighted by atomic mass is 32.2. The molecule has 0 fully saturated rings. The van der Waals surface area contributed by atoms with Gasteiger partial charge in [-0.05, 0) is 42.9 Å². The van der Waals surface area contributed by atoms with Crippen LogP contribution in [0.25, 0.3) is 0 Å². The Kier molecular flexibility index (Phi) is 3.88. The van der Waals surface area contributed by atoms with Crippen LogP contribution < -0.4 is 4.90 Å². The zero-order valence-corrected chi connectivity index (χ0v) is 12.7. The first-order valence-electron chi connectivity index (χ1n) is 6.98. The van der Waals surface area contributed by atoms with E-state index in [4.69, 9.17) is 0 Å². The Morgan fingerprint density at radius 2 is 1.90 bits per heavy atom. The van der Waals surface area contributed by atoms with E-state index < -0.39 is 5.97 Å². The van der Waals surface area contributed by atoms with Crippen molar-refractivity contribution in [3.63, 3.8) is 0 Å². The monoisotopic (exact) mass is 299 g/mol. The van der Waals surface area contributed by atoms with Gasteiger partial charge in [0, 0.05) is 17.1 Å². The minimum absolute atomic E-state index is 0.404. The van der Waals surface area contributed by atoms with Crippen molar-refractivity contribution in [2.75, 3.05) is 17.7 Å². The maximum absolute atomic E-state index is 11.7. The summed E-state index contributed by atoms with van der Waals surface area (Å²) >= 11 is 1.48. The Balaban J connectivity index is 2.16. The van der Waals surface area contributed by atoms with Crippen LogP contribution in [-0.2, 0) is 6.42 Å². The van der Waals surface area contributed by atoms with Crippen LogP contribution in [0.4, 0.5) is 11.4 Å². The molecule has 1 aliphatic heterocycles. The maximum Gasteiger partial charge on any atom is 0.338 e. The first-order valence-corrected chi connectivity index (χ1v) is 8.20. The van der Waals surface area contributed by atoms with Crippen LogP contribution in [0.1, 0.15) is 22.3 Å². The summed E-state index contributed by atoms with van der Waals surface area (Å²) in [7, 11) is 0. The summed E-state index contributed by atoms with van der Waals surface area (Å²) in [6, 6.07) is 14.0. The average Bonchev–Trinajstić information content (AvgIpc) is 2.53. The molecular weight excluding hydrogens is 282 g/mol. The SMILES string of the molecule is CSc1cccc(N2CCCc3ccccc32)c1C(=O)O. The standard InChI is InChI=1S/C17H17NO2S/c1-21-15-10-4-9-14(16(15)17(19)20)18-11-5-7-12-6-2-3-8-13(12)18/h2-4,6,8-10H,5,7,11H2,1H3,(H,19,20). The quantitative estimate of drug-likeness (QED) is 0.863. The van der Waals surface area contributed by atoms with Crippen LogP contribution in [0, 0.1) is 0 Å². The Morgan fingerprint density at radius 1 is 1.14 bits per heavy atom. The summed E-state index contributed by atoms with van der Waals surface area (Å²) in [5, 5.41) is 9.62. The van der Waals surface area contributed by atoms with Crippen molar-refractivity contribution in [2.24, 2.45) is 0 Å². The van der Waals surface area contributed by atoms with E-state index in [9.17, 15) is 9.90 Å². The number of nitrogens with zero attached hydrogens (tertiary/aromatic N) is 1. The Morgan fingerprint density at radius 3 is 2.67 bits per heavy atom. The van der Waals surface area contributed by atoms with Crippen molar-refractivity contribution in [1.82, 2.24) is 0 Å². The van der Waals surface area contributed by atoms with Gasteiger partial charge in [0.15, 0.2) is 0 Å². The van der Waals surface area contributed by atoms with Crippen molar-refractivity contribution < 1.29 is 9.90 Å². The fraction of sp³-hybridized carbons (Fsp3) is 0.235. The van der Waals surface area contributed by atoms with Gasteiger partial charge >= 0.3 is 5.97 Å². The van der Waals surface area contributed by atoms with E-state index in [1.165, 1.54) is 17.3 Å². The number of anilines is 2. The second-order valence-corrected chi connectivity index (χ2v) is 5.89. The summed E-state index contributed by atoms with van der Waals surface area (Å²) < 4.78 is 0. The molecule has 2 aromatic rings. The number of hydrogen-bond donors (Lipinski definition) is 1. The van der Waals surface area contributed by atoms with Crippen LogP contribution in [0.2, 0.25) is 0 Å². The number of fused-ring (bicyclic) bond motifs is 1. The largest absolute Gasteiger partial charge is 0.478 e. The number of carboxylic acids is 1. The van der Waals surface area contributed by atoms with Crippen LogP contribution in [0.15, 0.2) is 47.4 Å². The number of thioether (sulfide) groups is 1. The molecule has 0 aliphatic carbocycles. The molecule has 0 bridgehead atoms. The molecule has 0 saturated heterocycles. The number of para-hydroxylation sites is 1. The molecule has 21 heavy (non-hydrogen) atoms. The molecule has 1 aliphatic rings. The van der Waals surface area contributed by atoms with Gasteiger partial charge in [0.25, 0.3) is 0 Å². The van der Waals surface area contributed by atoms with Gasteiger partial charge in [0.1, 0.15) is 0 Å². The summed E-state index contributed by atoms with van der Waals surface area (Å²) in [5.74, 6) is -0.863. The van der Waals surface area contributed by atoms with E-state index in [-0.39, 0.29) is 0 Å². The van der Waals surface area contributed by atoms with E-state index in [0.29, 0.717) is 5.56 Å². The number of rotatable bonds is 3. The minimum Gasteiger partial charge on any atom is -0.478 e. The van der Waals surface area contributed by atoms with E-state index in [0.717, 1.165) is 35.7 Å². The molecule has 1 N–H and O–H groups in total. The molecule has 0 atom stereocenters. The topological polar surface area (TPSA) is 40.5 Å². The second-order valence-electron chi connectivity index (χ2n) is 5.04.